The second kappa shape index (κ2) is 9.45. The minimum atomic E-state index is -3.36. The smallest absolute Gasteiger partial charge is 0.255 e. The third kappa shape index (κ3) is 5.61. The Bertz CT molecular complexity index is 1080. The molecule has 6 nitrogen and oxygen atoms in total. The van der Waals surface area contributed by atoms with Gasteiger partial charge in [0.25, 0.3) is 5.91 Å². The molecule has 1 amide bonds. The zero-order chi connectivity index (χ0) is 21.6. The lowest BCUT2D eigenvalue weighted by Gasteiger charge is -2.20. The van der Waals surface area contributed by atoms with Crippen molar-refractivity contribution in [3.8, 4) is 5.75 Å². The number of hydrogen-bond donors (Lipinski definition) is 1. The topological polar surface area (TPSA) is 75.7 Å². The van der Waals surface area contributed by atoms with Crippen molar-refractivity contribution >= 4 is 27.3 Å². The Hall–Kier alpha value is -3.32. The fraction of sp³-hybridized carbons (Fsp3) is 0.174. The van der Waals surface area contributed by atoms with Crippen molar-refractivity contribution in [2.24, 2.45) is 0 Å². The summed E-state index contributed by atoms with van der Waals surface area (Å²) in [6.07, 6.45) is 1.16. The SMILES string of the molecule is CCN(c1ccc(C(=O)Nc2ccc(OCc3ccccc3)cc2)cc1)S(C)(=O)=O. The van der Waals surface area contributed by atoms with Crippen molar-refractivity contribution in [2.45, 2.75) is 13.5 Å². The van der Waals surface area contributed by atoms with Gasteiger partial charge in [0.05, 0.1) is 11.9 Å². The highest BCUT2D eigenvalue weighted by Crippen LogP contribution is 2.20. The number of hydrogen-bond acceptors (Lipinski definition) is 4. The van der Waals surface area contributed by atoms with Crippen LogP contribution in [0.3, 0.4) is 0 Å². The fourth-order valence-corrected chi connectivity index (χ4v) is 3.94. The molecule has 0 radical (unpaired) electrons. The van der Waals surface area contributed by atoms with E-state index >= 15 is 0 Å². The van der Waals surface area contributed by atoms with Gasteiger partial charge in [-0.25, -0.2) is 8.42 Å². The van der Waals surface area contributed by atoms with Gasteiger partial charge in [0, 0.05) is 17.8 Å². The lowest BCUT2D eigenvalue weighted by molar-refractivity contribution is 0.102. The summed E-state index contributed by atoms with van der Waals surface area (Å²) >= 11 is 0. The maximum absolute atomic E-state index is 12.5. The normalized spacial score (nSPS) is 11.0. The van der Waals surface area contributed by atoms with E-state index in [0.29, 0.717) is 35.8 Å². The first-order valence-corrected chi connectivity index (χ1v) is 11.4. The van der Waals surface area contributed by atoms with Crippen molar-refractivity contribution in [2.75, 3.05) is 22.4 Å². The molecule has 7 heteroatoms. The van der Waals surface area contributed by atoms with Gasteiger partial charge >= 0.3 is 0 Å². The third-order valence-electron chi connectivity index (χ3n) is 4.47. The highest BCUT2D eigenvalue weighted by atomic mass is 32.2. The van der Waals surface area contributed by atoms with Crippen molar-refractivity contribution in [3.63, 3.8) is 0 Å². The molecular formula is C23H24N2O4S. The molecule has 1 N–H and O–H groups in total. The molecule has 0 aliphatic heterocycles. The maximum Gasteiger partial charge on any atom is 0.255 e. The van der Waals surface area contributed by atoms with E-state index in [4.69, 9.17) is 4.74 Å². The van der Waals surface area contributed by atoms with E-state index in [-0.39, 0.29) is 5.91 Å². The second-order valence-corrected chi connectivity index (χ2v) is 8.63. The van der Waals surface area contributed by atoms with Crippen molar-refractivity contribution in [1.29, 1.82) is 0 Å². The largest absolute Gasteiger partial charge is 0.489 e. The first-order valence-electron chi connectivity index (χ1n) is 9.52. The Labute approximate surface area is 177 Å². The van der Waals surface area contributed by atoms with Crippen LogP contribution in [0.25, 0.3) is 0 Å². The maximum atomic E-state index is 12.5. The molecule has 0 aliphatic carbocycles. The third-order valence-corrected chi connectivity index (χ3v) is 5.74. The number of nitrogens with zero attached hydrogens (tertiary/aromatic N) is 1. The summed E-state index contributed by atoms with van der Waals surface area (Å²) in [7, 11) is -3.36. The Balaban J connectivity index is 1.60. The van der Waals surface area contributed by atoms with Crippen LogP contribution in [0.1, 0.15) is 22.8 Å². The van der Waals surface area contributed by atoms with Gasteiger partial charge in [0.2, 0.25) is 10.0 Å². The van der Waals surface area contributed by atoms with Crippen LogP contribution in [0.4, 0.5) is 11.4 Å². The first kappa shape index (κ1) is 21.4. The summed E-state index contributed by atoms with van der Waals surface area (Å²) in [5, 5.41) is 2.83. The number of sulfonamides is 1. The van der Waals surface area contributed by atoms with E-state index in [1.165, 1.54) is 4.31 Å². The van der Waals surface area contributed by atoms with Crippen LogP contribution in [0.15, 0.2) is 78.9 Å². The summed E-state index contributed by atoms with van der Waals surface area (Å²) in [6.45, 7) is 2.55. The minimum absolute atomic E-state index is 0.276. The summed E-state index contributed by atoms with van der Waals surface area (Å²) in [4.78, 5) is 12.5. The molecule has 0 saturated heterocycles. The molecule has 0 atom stereocenters. The first-order chi connectivity index (χ1) is 14.4. The van der Waals surface area contributed by atoms with E-state index in [2.05, 4.69) is 5.32 Å². The second-order valence-electron chi connectivity index (χ2n) is 6.73. The van der Waals surface area contributed by atoms with Gasteiger partial charge < -0.3 is 10.1 Å². The summed E-state index contributed by atoms with van der Waals surface area (Å²) in [5.74, 6) is 0.434. The number of ether oxygens (including phenoxy) is 1. The van der Waals surface area contributed by atoms with E-state index in [9.17, 15) is 13.2 Å². The van der Waals surface area contributed by atoms with Crippen LogP contribution in [-0.4, -0.2) is 27.1 Å². The zero-order valence-corrected chi connectivity index (χ0v) is 17.7. The molecule has 0 aliphatic rings. The van der Waals surface area contributed by atoms with Crippen LogP contribution in [0, 0.1) is 0 Å². The quantitative estimate of drug-likeness (QED) is 0.585. The minimum Gasteiger partial charge on any atom is -0.489 e. The Morgan fingerprint density at radius 1 is 0.933 bits per heavy atom. The summed E-state index contributed by atoms with van der Waals surface area (Å²) < 4.78 is 30.7. The molecule has 0 bridgehead atoms. The van der Waals surface area contributed by atoms with Gasteiger partial charge in [-0.15, -0.1) is 0 Å². The van der Waals surface area contributed by atoms with Gasteiger partial charge in [-0.05, 0) is 61.0 Å². The van der Waals surface area contributed by atoms with Crippen LogP contribution in [0.2, 0.25) is 0 Å². The van der Waals surface area contributed by atoms with Gasteiger partial charge in [-0.1, -0.05) is 30.3 Å². The molecule has 30 heavy (non-hydrogen) atoms. The molecule has 0 heterocycles. The van der Waals surface area contributed by atoms with E-state index < -0.39 is 10.0 Å². The van der Waals surface area contributed by atoms with Gasteiger partial charge in [-0.2, -0.15) is 0 Å². The zero-order valence-electron chi connectivity index (χ0n) is 16.9. The molecule has 156 valence electrons. The number of nitrogens with one attached hydrogen (secondary N) is 1. The molecule has 0 aromatic heterocycles. The lowest BCUT2D eigenvalue weighted by Crippen LogP contribution is -2.29. The average Bonchev–Trinajstić information content (AvgIpc) is 2.74. The molecule has 0 saturated carbocycles. The van der Waals surface area contributed by atoms with Crippen LogP contribution < -0.4 is 14.4 Å². The van der Waals surface area contributed by atoms with E-state index in [0.717, 1.165) is 11.8 Å². The van der Waals surface area contributed by atoms with Gasteiger partial charge in [-0.3, -0.25) is 9.10 Å². The van der Waals surface area contributed by atoms with E-state index in [1.54, 1.807) is 55.5 Å². The Morgan fingerprint density at radius 3 is 2.13 bits per heavy atom. The Kier molecular flexibility index (Phi) is 6.74. The number of carbonyl (C=O) groups excluding carboxylic acids is 1. The molecule has 0 unspecified atom stereocenters. The standard InChI is InChI=1S/C23H24N2O4S/c1-3-25(30(2,27)28)21-13-9-19(10-14-21)23(26)24-20-11-15-22(16-12-20)29-17-18-7-5-4-6-8-18/h4-16H,3,17H2,1-2H3,(H,24,26). The highest BCUT2D eigenvalue weighted by molar-refractivity contribution is 7.92. The number of amides is 1. The monoisotopic (exact) mass is 424 g/mol. The fourth-order valence-electron chi connectivity index (χ4n) is 2.97. The molecule has 0 spiro atoms. The average molecular weight is 425 g/mol. The lowest BCUT2D eigenvalue weighted by atomic mass is 10.2. The number of rotatable bonds is 8. The molecule has 0 fully saturated rings. The van der Waals surface area contributed by atoms with Gasteiger partial charge in [0.15, 0.2) is 0 Å². The van der Waals surface area contributed by atoms with Crippen LogP contribution >= 0.6 is 0 Å². The summed E-state index contributed by atoms with van der Waals surface area (Å²) in [6, 6.07) is 23.5. The molecule has 3 aromatic rings. The number of carbonyl (C=O) groups is 1. The molecular weight excluding hydrogens is 400 g/mol. The van der Waals surface area contributed by atoms with Crippen LogP contribution in [0.5, 0.6) is 5.75 Å². The molecule has 3 rings (SSSR count). The molecule has 3 aromatic carbocycles. The predicted octanol–water partition coefficient (Wildman–Crippen LogP) is 4.30. The predicted molar refractivity (Wildman–Crippen MR) is 119 cm³/mol. The van der Waals surface area contributed by atoms with Crippen molar-refractivity contribution in [1.82, 2.24) is 0 Å². The van der Waals surface area contributed by atoms with Crippen molar-refractivity contribution < 1.29 is 17.9 Å². The number of benzene rings is 3. The summed E-state index contributed by atoms with van der Waals surface area (Å²) in [5.41, 5.74) is 2.68. The Morgan fingerprint density at radius 2 is 1.57 bits per heavy atom. The van der Waals surface area contributed by atoms with E-state index in [1.807, 2.05) is 30.3 Å². The van der Waals surface area contributed by atoms with Gasteiger partial charge in [0.1, 0.15) is 12.4 Å². The number of anilines is 2. The van der Waals surface area contributed by atoms with Crippen molar-refractivity contribution in [3.05, 3.63) is 90.0 Å². The highest BCUT2D eigenvalue weighted by Gasteiger charge is 2.15. The van der Waals surface area contributed by atoms with Crippen LogP contribution in [-0.2, 0) is 16.6 Å².